The lowest BCUT2D eigenvalue weighted by Gasteiger charge is -2.21. The minimum absolute atomic E-state index is 0.421. The van der Waals surface area contributed by atoms with E-state index in [1.807, 2.05) is 0 Å². The second-order valence-electron chi connectivity index (χ2n) is 7.67. The molecule has 1 heterocycles. The fourth-order valence-electron chi connectivity index (χ4n) is 4.12. The van der Waals surface area contributed by atoms with Crippen molar-refractivity contribution >= 4 is 20.0 Å². The summed E-state index contributed by atoms with van der Waals surface area (Å²) in [6.07, 6.45) is 3.42. The zero-order valence-corrected chi connectivity index (χ0v) is 17.4. The van der Waals surface area contributed by atoms with E-state index in [2.05, 4.69) is 26.9 Å². The van der Waals surface area contributed by atoms with Crippen LogP contribution in [0, 0.1) is 0 Å². The van der Waals surface area contributed by atoms with E-state index in [0.717, 1.165) is 48.9 Å². The van der Waals surface area contributed by atoms with Crippen molar-refractivity contribution in [2.75, 3.05) is 14.2 Å². The number of benzene rings is 1. The Labute approximate surface area is 151 Å². The van der Waals surface area contributed by atoms with Crippen LogP contribution in [0.4, 0.5) is 0 Å². The molecule has 0 atom stereocenters. The molecule has 0 saturated heterocycles. The molecule has 0 aromatic heterocycles. The summed E-state index contributed by atoms with van der Waals surface area (Å²) in [7, 11) is 1.35. The van der Waals surface area contributed by atoms with E-state index in [4.69, 9.17) is 9.47 Å². The lowest BCUT2D eigenvalue weighted by Crippen LogP contribution is -2.26. The molecule has 1 aromatic carbocycles. The predicted molar refractivity (Wildman–Crippen MR) is 102 cm³/mol. The first-order chi connectivity index (χ1) is 11.8. The number of carbonyl (C=O) groups is 2. The molecule has 0 spiro atoms. The van der Waals surface area contributed by atoms with Crippen LogP contribution in [0.25, 0.3) is 0 Å². The summed E-state index contributed by atoms with van der Waals surface area (Å²) in [5.74, 6) is -0.842. The quantitative estimate of drug-likeness (QED) is 0.566. The maximum atomic E-state index is 12.6. The van der Waals surface area contributed by atoms with Crippen LogP contribution in [-0.4, -0.2) is 34.2 Å². The number of rotatable bonds is 6. The van der Waals surface area contributed by atoms with Gasteiger partial charge in [0.15, 0.2) is 0 Å². The van der Waals surface area contributed by atoms with Crippen molar-refractivity contribution in [2.45, 2.75) is 64.7 Å². The van der Waals surface area contributed by atoms with Gasteiger partial charge in [0.2, 0.25) is 0 Å². The number of hydrogen-bond donors (Lipinski definition) is 0. The molecular formula is C20H30O4Si. The Morgan fingerprint density at radius 1 is 0.840 bits per heavy atom. The molecule has 5 heteroatoms. The molecule has 1 aliphatic rings. The van der Waals surface area contributed by atoms with Crippen LogP contribution in [0.3, 0.4) is 0 Å². The van der Waals surface area contributed by atoms with Crippen molar-refractivity contribution < 1.29 is 19.1 Å². The number of carbonyl (C=O) groups excluding carboxylic acids is 2. The smallest absolute Gasteiger partial charge is 0.339 e. The molecule has 0 radical (unpaired) electrons. The molecule has 1 aromatic rings. The normalized spacial score (nSPS) is 15.0. The van der Waals surface area contributed by atoms with E-state index in [1.54, 1.807) is 0 Å². The highest BCUT2D eigenvalue weighted by Crippen LogP contribution is 2.39. The Bertz CT molecular complexity index is 635. The summed E-state index contributed by atoms with van der Waals surface area (Å²) in [5, 5.41) is 0. The molecule has 4 nitrogen and oxygen atoms in total. The monoisotopic (exact) mass is 362 g/mol. The van der Waals surface area contributed by atoms with Crippen LogP contribution in [0.15, 0.2) is 0 Å². The van der Waals surface area contributed by atoms with Crippen LogP contribution in [0.5, 0.6) is 0 Å². The van der Waals surface area contributed by atoms with E-state index in [0.29, 0.717) is 11.1 Å². The Kier molecular flexibility index (Phi) is 6.09. The molecule has 25 heavy (non-hydrogen) atoms. The van der Waals surface area contributed by atoms with Gasteiger partial charge in [0, 0.05) is 0 Å². The lowest BCUT2D eigenvalue weighted by molar-refractivity contribution is 0.0553. The van der Waals surface area contributed by atoms with Crippen LogP contribution >= 0.6 is 0 Å². The first kappa shape index (κ1) is 19.7. The van der Waals surface area contributed by atoms with Crippen molar-refractivity contribution in [1.29, 1.82) is 0 Å². The zero-order chi connectivity index (χ0) is 18.8. The van der Waals surface area contributed by atoms with Gasteiger partial charge in [-0.3, -0.25) is 0 Å². The topological polar surface area (TPSA) is 52.6 Å². The Morgan fingerprint density at radius 2 is 1.20 bits per heavy atom. The third kappa shape index (κ3) is 3.66. The predicted octanol–water partition coefficient (Wildman–Crippen LogP) is 4.05. The maximum Gasteiger partial charge on any atom is 0.339 e. The van der Waals surface area contributed by atoms with Gasteiger partial charge in [-0.15, -0.1) is 0 Å². The van der Waals surface area contributed by atoms with Gasteiger partial charge in [-0.1, -0.05) is 39.8 Å². The molecule has 0 N–H and O–H groups in total. The molecule has 0 saturated carbocycles. The van der Waals surface area contributed by atoms with E-state index in [-0.39, 0.29) is 0 Å². The molecule has 0 aliphatic carbocycles. The minimum Gasteiger partial charge on any atom is -0.465 e. The standard InChI is InChI=1S/C20H30O4Si/c1-7-9-13-15-11-25(5,6)12-16(15)14(10-8-2)18(20(22)24-4)17(13)19(21)23-3/h7-12H2,1-6H3. The molecule has 138 valence electrons. The fraction of sp³-hybridized carbons (Fsp3) is 0.600. The second-order valence-corrected chi connectivity index (χ2v) is 12.7. The van der Waals surface area contributed by atoms with Crippen molar-refractivity contribution in [2.24, 2.45) is 0 Å². The summed E-state index contributed by atoms with van der Waals surface area (Å²) >= 11 is 0. The van der Waals surface area contributed by atoms with Gasteiger partial charge in [-0.2, -0.15) is 0 Å². The van der Waals surface area contributed by atoms with Crippen molar-refractivity contribution in [3.8, 4) is 0 Å². The van der Waals surface area contributed by atoms with Crippen LogP contribution in [0.2, 0.25) is 13.1 Å². The van der Waals surface area contributed by atoms with Crippen molar-refractivity contribution in [3.05, 3.63) is 33.4 Å². The highest BCUT2D eigenvalue weighted by atomic mass is 28.3. The average molecular weight is 363 g/mol. The Morgan fingerprint density at radius 3 is 1.48 bits per heavy atom. The Balaban J connectivity index is 2.91. The van der Waals surface area contributed by atoms with Gasteiger partial charge < -0.3 is 9.47 Å². The SMILES string of the molecule is CCCc1c2c(c(CCC)c(C(=O)OC)c1C(=O)OC)C[Si](C)(C)C2. The minimum atomic E-state index is -1.41. The van der Waals surface area contributed by atoms with Crippen molar-refractivity contribution in [1.82, 2.24) is 0 Å². The van der Waals surface area contributed by atoms with Gasteiger partial charge in [0.1, 0.15) is 0 Å². The van der Waals surface area contributed by atoms with Crippen molar-refractivity contribution in [3.63, 3.8) is 0 Å². The largest absolute Gasteiger partial charge is 0.465 e. The van der Waals surface area contributed by atoms with Gasteiger partial charge in [0.05, 0.1) is 33.4 Å². The van der Waals surface area contributed by atoms with E-state index in [9.17, 15) is 9.59 Å². The number of esters is 2. The van der Waals surface area contributed by atoms with Gasteiger partial charge in [-0.05, 0) is 47.2 Å². The summed E-state index contributed by atoms with van der Waals surface area (Å²) < 4.78 is 10.1. The Hall–Kier alpha value is -1.62. The summed E-state index contributed by atoms with van der Waals surface area (Å²) in [5.41, 5.74) is 5.56. The van der Waals surface area contributed by atoms with Gasteiger partial charge in [-0.25, -0.2) is 9.59 Å². The molecule has 2 rings (SSSR count). The first-order valence-corrected chi connectivity index (χ1v) is 12.6. The molecule has 0 fully saturated rings. The molecule has 0 unspecified atom stereocenters. The summed E-state index contributed by atoms with van der Waals surface area (Å²) in [4.78, 5) is 25.3. The molecule has 0 bridgehead atoms. The van der Waals surface area contributed by atoms with Crippen LogP contribution in [0.1, 0.15) is 69.7 Å². The van der Waals surface area contributed by atoms with Gasteiger partial charge in [0.25, 0.3) is 0 Å². The number of fused-ring (bicyclic) bond motifs is 1. The van der Waals surface area contributed by atoms with Gasteiger partial charge >= 0.3 is 11.9 Å². The second kappa shape index (κ2) is 7.73. The first-order valence-electron chi connectivity index (χ1n) is 9.17. The molecular weight excluding hydrogens is 332 g/mol. The molecule has 0 amide bonds. The lowest BCUT2D eigenvalue weighted by atomic mass is 9.84. The summed E-state index contributed by atoms with van der Waals surface area (Å²) in [6, 6.07) is 2.14. The van der Waals surface area contributed by atoms with Crippen LogP contribution < -0.4 is 0 Å². The molecule has 1 aliphatic heterocycles. The third-order valence-corrected chi connectivity index (χ3v) is 7.66. The van der Waals surface area contributed by atoms with E-state index in [1.165, 1.54) is 25.3 Å². The fourth-order valence-corrected chi connectivity index (χ4v) is 7.01. The highest BCUT2D eigenvalue weighted by Gasteiger charge is 2.38. The number of hydrogen-bond acceptors (Lipinski definition) is 4. The summed E-state index contributed by atoms with van der Waals surface area (Å²) in [6.45, 7) is 8.97. The van der Waals surface area contributed by atoms with Crippen LogP contribution in [-0.2, 0) is 34.4 Å². The number of ether oxygens (including phenoxy) is 2. The average Bonchev–Trinajstić information content (AvgIpc) is 2.90. The highest BCUT2D eigenvalue weighted by molar-refractivity contribution is 6.77. The van der Waals surface area contributed by atoms with E-state index >= 15 is 0 Å². The maximum absolute atomic E-state index is 12.6. The van der Waals surface area contributed by atoms with E-state index < -0.39 is 20.0 Å². The zero-order valence-electron chi connectivity index (χ0n) is 16.4. The number of methoxy groups -OCH3 is 2. The third-order valence-electron chi connectivity index (χ3n) is 5.04.